The van der Waals surface area contributed by atoms with Crippen LogP contribution in [0.15, 0.2) is 91.0 Å². The molecule has 2 N–H and O–H groups in total. The molecule has 3 aromatic rings. The maximum Gasteiger partial charge on any atom is 1.00 e. The van der Waals surface area contributed by atoms with Crippen molar-refractivity contribution in [3.05, 3.63) is 108 Å². The molecule has 3 aromatic carbocycles. The summed E-state index contributed by atoms with van der Waals surface area (Å²) < 4.78 is 42.1. The number of aromatic hydroxyl groups is 1. The Hall–Kier alpha value is -2.13. The number of hydrogen-bond acceptors (Lipinski definition) is 6. The molecule has 2 atom stereocenters. The Morgan fingerprint density at radius 1 is 0.947 bits per heavy atom. The van der Waals surface area contributed by atoms with E-state index in [4.69, 9.17) is 4.74 Å². The summed E-state index contributed by atoms with van der Waals surface area (Å²) in [6.07, 6.45) is 6.85. The van der Waals surface area contributed by atoms with Gasteiger partial charge in [-0.2, -0.15) is 0 Å². The van der Waals surface area contributed by atoms with Gasteiger partial charge in [-0.05, 0) is 85.9 Å². The minimum absolute atomic E-state index is 0. The van der Waals surface area contributed by atoms with E-state index in [1.54, 1.807) is 12.1 Å². The topological polar surface area (TPSA) is 107 Å². The Labute approximate surface area is 247 Å². The van der Waals surface area contributed by atoms with Gasteiger partial charge < -0.3 is 19.5 Å². The summed E-state index contributed by atoms with van der Waals surface area (Å²) in [5.74, 6) is 0.861. The Bertz CT molecular complexity index is 1270. The summed E-state index contributed by atoms with van der Waals surface area (Å²) in [5.41, 5.74) is 2.35. The van der Waals surface area contributed by atoms with Gasteiger partial charge in [0.2, 0.25) is 0 Å². The fourth-order valence-corrected chi connectivity index (χ4v) is 5.69. The average Bonchev–Trinajstić information content (AvgIpc) is 3.37. The van der Waals surface area contributed by atoms with Gasteiger partial charge in [0, 0.05) is 0 Å². The summed E-state index contributed by atoms with van der Waals surface area (Å²) in [6.45, 7) is 0. The van der Waals surface area contributed by atoms with Crippen LogP contribution in [0.3, 0.4) is 0 Å². The van der Waals surface area contributed by atoms with E-state index in [0.29, 0.717) is 12.0 Å². The summed E-state index contributed by atoms with van der Waals surface area (Å²) in [5, 5.41) is 18.5. The number of aryl methyl sites for hydroxylation is 1. The van der Waals surface area contributed by atoms with E-state index in [-0.39, 0.29) is 53.7 Å². The van der Waals surface area contributed by atoms with Crippen LogP contribution in [0.5, 0.6) is 11.5 Å². The van der Waals surface area contributed by atoms with Crippen LogP contribution >= 0.6 is 0 Å². The predicted molar refractivity (Wildman–Crippen MR) is 142 cm³/mol. The van der Waals surface area contributed by atoms with E-state index in [0.717, 1.165) is 37.0 Å². The minimum atomic E-state index is -4.51. The molecule has 1 aliphatic carbocycles. The van der Waals surface area contributed by atoms with Crippen LogP contribution in [0.25, 0.3) is 0 Å². The van der Waals surface area contributed by atoms with Crippen LogP contribution in [-0.2, 0) is 22.1 Å². The van der Waals surface area contributed by atoms with Crippen LogP contribution in [0.4, 0.5) is 0 Å². The van der Waals surface area contributed by atoms with Crippen molar-refractivity contribution >= 4 is 10.1 Å². The molecule has 1 fully saturated rings. The molecule has 0 radical (unpaired) electrons. The van der Waals surface area contributed by atoms with Gasteiger partial charge in [-0.25, -0.2) is 8.42 Å². The number of ether oxygens (including phenoxy) is 1. The number of phenols is 1. The van der Waals surface area contributed by atoms with Gasteiger partial charge in [0.05, 0.1) is 21.5 Å². The molecule has 0 bridgehead atoms. The smallest absolute Gasteiger partial charge is 0.748 e. The van der Waals surface area contributed by atoms with Gasteiger partial charge in [-0.3, -0.25) is 0 Å². The molecule has 196 valence electrons. The zero-order valence-corrected chi connectivity index (χ0v) is 24.5. The van der Waals surface area contributed by atoms with Crippen LogP contribution in [0.2, 0.25) is 0 Å². The fourth-order valence-electron chi connectivity index (χ4n) is 4.94. The molecule has 0 spiro atoms. The van der Waals surface area contributed by atoms with Gasteiger partial charge in [0.1, 0.15) is 17.1 Å². The van der Waals surface area contributed by atoms with Gasteiger partial charge in [-0.1, -0.05) is 66.7 Å². The van der Waals surface area contributed by atoms with Crippen LogP contribution in [0.1, 0.15) is 61.3 Å². The third-order valence-corrected chi connectivity index (χ3v) is 8.31. The summed E-state index contributed by atoms with van der Waals surface area (Å²) in [6, 6.07) is 24.0. The molecule has 1 aliphatic rings. The number of aliphatic hydroxyl groups excluding tert-OH is 1. The first-order valence-corrected chi connectivity index (χ1v) is 14.1. The summed E-state index contributed by atoms with van der Waals surface area (Å²) in [4.78, 5) is 0. The van der Waals surface area contributed by atoms with Crippen molar-refractivity contribution in [2.75, 3.05) is 0 Å². The van der Waals surface area contributed by atoms with E-state index in [1.807, 2.05) is 42.5 Å². The molecule has 8 heteroatoms. The second-order valence-electron chi connectivity index (χ2n) is 9.67. The number of hydrogen-bond donors (Lipinski definition) is 2. The number of phenolic OH excluding ortho intramolecular Hbond substituents is 1. The molecule has 4 rings (SSSR count). The number of aliphatic hydroxyl groups is 1. The Morgan fingerprint density at radius 2 is 1.58 bits per heavy atom. The first kappa shape index (κ1) is 30.4. The van der Waals surface area contributed by atoms with Gasteiger partial charge in [-0.15, -0.1) is 0 Å². The van der Waals surface area contributed by atoms with Crippen LogP contribution in [-0.4, -0.2) is 28.4 Å². The Morgan fingerprint density at radius 3 is 2.18 bits per heavy atom. The normalized spacial score (nSPS) is 16.6. The monoisotopic (exact) mass is 544 g/mol. The third-order valence-electron chi connectivity index (χ3n) is 7.06. The van der Waals surface area contributed by atoms with Crippen molar-refractivity contribution < 1.29 is 57.5 Å². The molecule has 1 saturated carbocycles. The van der Waals surface area contributed by atoms with Gasteiger partial charge >= 0.3 is 29.6 Å². The second-order valence-corrected chi connectivity index (χ2v) is 11.3. The summed E-state index contributed by atoms with van der Waals surface area (Å²) >= 11 is 0. The third kappa shape index (κ3) is 8.18. The van der Waals surface area contributed by atoms with E-state index in [1.165, 1.54) is 29.8 Å². The number of benzene rings is 3. The van der Waals surface area contributed by atoms with Crippen molar-refractivity contribution in [3.8, 4) is 11.5 Å². The Balaban J connectivity index is 0.00000400. The molecule has 38 heavy (non-hydrogen) atoms. The zero-order chi connectivity index (χ0) is 26.3. The van der Waals surface area contributed by atoms with E-state index in [9.17, 15) is 23.2 Å². The maximum absolute atomic E-state index is 11.9. The maximum atomic E-state index is 11.9. The van der Waals surface area contributed by atoms with Crippen LogP contribution in [0, 0.1) is 0 Å². The zero-order valence-electron chi connectivity index (χ0n) is 21.7. The average molecular weight is 545 g/mol. The van der Waals surface area contributed by atoms with Crippen molar-refractivity contribution in [3.63, 3.8) is 0 Å². The molecular weight excluding hydrogens is 511 g/mol. The standard InChI is InChI=1S/C30H34O6S.Na/c31-26-16-14-24(15-17-26)29(32)10-6-9-28(37(33,34)35)20-13-23-11-18-27(19-12-23)36-30(21-4-5-22-30)25-7-2-1-3-8-25;/h1-3,6-8,10-12,14-19,28-29,31-32H,4-5,9,13,20-22H2,(H,33,34,35);/q;+1/p-1/b10-6+;/t28-,29+;/m0./s1. The molecule has 0 amide bonds. The Kier molecular flexibility index (Phi) is 11.0. The van der Waals surface area contributed by atoms with E-state index >= 15 is 0 Å². The van der Waals surface area contributed by atoms with Gasteiger partial charge in [0.25, 0.3) is 0 Å². The number of allylic oxidation sites excluding steroid dienone is 1. The molecule has 0 aromatic heterocycles. The fraction of sp³-hybridized carbons (Fsp3) is 0.333. The first-order valence-electron chi connectivity index (χ1n) is 12.7. The quantitative estimate of drug-likeness (QED) is 0.218. The van der Waals surface area contributed by atoms with Gasteiger partial charge in [0.15, 0.2) is 0 Å². The SMILES string of the molecule is O=S(=O)([O-])[C@@H](C/C=C/[C@@H](O)c1ccc(O)cc1)CCc1ccc(OC2(c3ccccc3)CCCC2)cc1.[Na+]. The molecule has 0 aliphatic heterocycles. The molecule has 0 heterocycles. The van der Waals surface area contributed by atoms with Crippen LogP contribution < -0.4 is 34.3 Å². The van der Waals surface area contributed by atoms with Crippen molar-refractivity contribution in [1.82, 2.24) is 0 Å². The molecule has 6 nitrogen and oxygen atoms in total. The molecular formula is C30H33NaO6S. The second kappa shape index (κ2) is 13.8. The first-order chi connectivity index (χ1) is 17.7. The predicted octanol–water partition coefficient (Wildman–Crippen LogP) is 2.77. The molecule has 0 saturated heterocycles. The molecule has 0 unspecified atom stereocenters. The van der Waals surface area contributed by atoms with E-state index < -0.39 is 21.5 Å². The van der Waals surface area contributed by atoms with Crippen molar-refractivity contribution in [2.45, 2.75) is 61.9 Å². The van der Waals surface area contributed by atoms with Crippen molar-refractivity contribution in [2.24, 2.45) is 0 Å². The van der Waals surface area contributed by atoms with Crippen molar-refractivity contribution in [1.29, 1.82) is 0 Å². The number of rotatable bonds is 11. The van der Waals surface area contributed by atoms with E-state index in [2.05, 4.69) is 12.1 Å². The largest absolute Gasteiger partial charge is 1.00 e. The minimum Gasteiger partial charge on any atom is -0.748 e. The summed E-state index contributed by atoms with van der Waals surface area (Å²) in [7, 11) is -4.51.